The molecule has 2 atom stereocenters. The molecule has 0 spiro atoms. The Bertz CT molecular complexity index is 789. The summed E-state index contributed by atoms with van der Waals surface area (Å²) < 4.78 is 19.3. The van der Waals surface area contributed by atoms with Gasteiger partial charge in [-0.05, 0) is 37.6 Å². The number of benzene rings is 1. The standard InChI is InChI=1S/C20H25FN4O2/c1-14-12-24(19-7-8-22-11-18(19)21)13-15(2)25(14)20(26)23-10-16-5-4-6-17(9-16)27-3/h4-9,11,14-15H,10,12-13H2,1-3H3,(H,23,26)/t14-,15-/m1/s1. The van der Waals surface area contributed by atoms with E-state index in [4.69, 9.17) is 4.74 Å². The number of halogens is 1. The summed E-state index contributed by atoms with van der Waals surface area (Å²) >= 11 is 0. The molecule has 1 saturated heterocycles. The van der Waals surface area contributed by atoms with Gasteiger partial charge in [-0.25, -0.2) is 9.18 Å². The number of aromatic nitrogens is 1. The molecule has 6 nitrogen and oxygen atoms in total. The van der Waals surface area contributed by atoms with E-state index in [0.29, 0.717) is 25.3 Å². The second-order valence-corrected chi connectivity index (χ2v) is 6.85. The molecule has 2 aromatic rings. The average molecular weight is 372 g/mol. The quantitative estimate of drug-likeness (QED) is 0.896. The Hall–Kier alpha value is -2.83. The molecule has 0 unspecified atom stereocenters. The van der Waals surface area contributed by atoms with Crippen molar-refractivity contribution in [3.05, 3.63) is 54.1 Å². The SMILES string of the molecule is COc1cccc(CNC(=O)N2[C@H](C)CN(c3ccncc3F)C[C@H]2C)c1. The Morgan fingerprint density at radius 2 is 2.04 bits per heavy atom. The predicted molar refractivity (Wildman–Crippen MR) is 102 cm³/mol. The molecule has 3 rings (SSSR count). The summed E-state index contributed by atoms with van der Waals surface area (Å²) in [5.74, 6) is 0.421. The summed E-state index contributed by atoms with van der Waals surface area (Å²) in [6.45, 7) is 5.52. The number of pyridine rings is 1. The number of nitrogens with one attached hydrogen (secondary N) is 1. The highest BCUT2D eigenvalue weighted by Gasteiger charge is 2.33. The van der Waals surface area contributed by atoms with Crippen LogP contribution < -0.4 is 15.0 Å². The number of piperazine rings is 1. The van der Waals surface area contributed by atoms with Crippen molar-refractivity contribution in [2.75, 3.05) is 25.1 Å². The number of ether oxygens (including phenoxy) is 1. The largest absolute Gasteiger partial charge is 0.497 e. The van der Waals surface area contributed by atoms with Crippen molar-refractivity contribution in [2.45, 2.75) is 32.5 Å². The smallest absolute Gasteiger partial charge is 0.318 e. The monoisotopic (exact) mass is 372 g/mol. The van der Waals surface area contributed by atoms with E-state index in [9.17, 15) is 9.18 Å². The molecule has 1 aromatic heterocycles. The molecule has 1 aliphatic rings. The molecule has 0 aliphatic carbocycles. The van der Waals surface area contributed by atoms with Crippen LogP contribution in [0.3, 0.4) is 0 Å². The zero-order chi connectivity index (χ0) is 19.4. The van der Waals surface area contributed by atoms with Crippen LogP contribution in [0.15, 0.2) is 42.7 Å². The van der Waals surface area contributed by atoms with Gasteiger partial charge < -0.3 is 19.9 Å². The fourth-order valence-corrected chi connectivity index (χ4v) is 3.60. The number of anilines is 1. The number of hydrogen-bond donors (Lipinski definition) is 1. The third-order valence-electron chi connectivity index (χ3n) is 4.82. The lowest BCUT2D eigenvalue weighted by atomic mass is 10.1. The topological polar surface area (TPSA) is 57.7 Å². The Balaban J connectivity index is 1.63. The van der Waals surface area contributed by atoms with Gasteiger partial charge in [-0.1, -0.05) is 12.1 Å². The van der Waals surface area contributed by atoms with Gasteiger partial charge in [0, 0.05) is 37.9 Å². The van der Waals surface area contributed by atoms with Gasteiger partial charge >= 0.3 is 6.03 Å². The lowest BCUT2D eigenvalue weighted by Crippen LogP contribution is -2.61. The third-order valence-corrected chi connectivity index (χ3v) is 4.82. The summed E-state index contributed by atoms with van der Waals surface area (Å²) in [6, 6.07) is 9.07. The number of carbonyl (C=O) groups is 1. The van der Waals surface area contributed by atoms with Crippen LogP contribution >= 0.6 is 0 Å². The van der Waals surface area contributed by atoms with Crippen LogP contribution in [0.4, 0.5) is 14.9 Å². The van der Waals surface area contributed by atoms with E-state index < -0.39 is 0 Å². The molecule has 27 heavy (non-hydrogen) atoms. The number of amides is 2. The maximum atomic E-state index is 14.0. The van der Waals surface area contributed by atoms with E-state index in [0.717, 1.165) is 11.3 Å². The van der Waals surface area contributed by atoms with E-state index >= 15 is 0 Å². The zero-order valence-electron chi connectivity index (χ0n) is 15.9. The molecule has 7 heteroatoms. The number of hydrogen-bond acceptors (Lipinski definition) is 4. The first-order valence-electron chi connectivity index (χ1n) is 9.03. The number of carbonyl (C=O) groups excluding carboxylic acids is 1. The van der Waals surface area contributed by atoms with Gasteiger partial charge in [0.25, 0.3) is 0 Å². The van der Waals surface area contributed by atoms with E-state index in [1.807, 2.05) is 47.9 Å². The first kappa shape index (κ1) is 18.9. The first-order valence-corrected chi connectivity index (χ1v) is 9.03. The normalized spacial score (nSPS) is 19.7. The van der Waals surface area contributed by atoms with Gasteiger partial charge in [-0.15, -0.1) is 0 Å². The van der Waals surface area contributed by atoms with Gasteiger partial charge in [0.2, 0.25) is 0 Å². The Labute approximate surface area is 158 Å². The van der Waals surface area contributed by atoms with Crippen molar-refractivity contribution >= 4 is 11.7 Å². The van der Waals surface area contributed by atoms with Gasteiger partial charge in [0.15, 0.2) is 5.82 Å². The molecule has 1 N–H and O–H groups in total. The zero-order valence-corrected chi connectivity index (χ0v) is 15.9. The predicted octanol–water partition coefficient (Wildman–Crippen LogP) is 3.04. The highest BCUT2D eigenvalue weighted by Crippen LogP contribution is 2.24. The van der Waals surface area contributed by atoms with Crippen LogP contribution in [0.25, 0.3) is 0 Å². The summed E-state index contributed by atoms with van der Waals surface area (Å²) in [6.07, 6.45) is 2.80. The van der Waals surface area contributed by atoms with Crippen LogP contribution in [-0.4, -0.2) is 48.2 Å². The third kappa shape index (κ3) is 4.30. The maximum absolute atomic E-state index is 14.0. The number of nitrogens with zero attached hydrogens (tertiary/aromatic N) is 3. The second kappa shape index (κ2) is 8.24. The number of urea groups is 1. The molecule has 144 valence electrons. The summed E-state index contributed by atoms with van der Waals surface area (Å²) in [4.78, 5) is 20.3. The molecule has 0 bridgehead atoms. The van der Waals surface area contributed by atoms with Crippen LogP contribution in [0, 0.1) is 5.82 Å². The van der Waals surface area contributed by atoms with Crippen molar-refractivity contribution in [2.24, 2.45) is 0 Å². The Morgan fingerprint density at radius 3 is 2.70 bits per heavy atom. The lowest BCUT2D eigenvalue weighted by Gasteiger charge is -2.45. The maximum Gasteiger partial charge on any atom is 0.318 e. The summed E-state index contributed by atoms with van der Waals surface area (Å²) in [5.41, 5.74) is 1.50. The van der Waals surface area contributed by atoms with Gasteiger partial charge in [0.05, 0.1) is 19.0 Å². The molecule has 1 aromatic carbocycles. The van der Waals surface area contributed by atoms with Gasteiger partial charge in [-0.2, -0.15) is 0 Å². The van der Waals surface area contributed by atoms with Crippen LogP contribution in [-0.2, 0) is 6.54 Å². The van der Waals surface area contributed by atoms with E-state index in [2.05, 4.69) is 10.3 Å². The molecule has 0 radical (unpaired) electrons. The Morgan fingerprint density at radius 1 is 1.30 bits per heavy atom. The van der Waals surface area contributed by atoms with Crippen molar-refractivity contribution in [3.63, 3.8) is 0 Å². The van der Waals surface area contributed by atoms with E-state index in [-0.39, 0.29) is 23.9 Å². The van der Waals surface area contributed by atoms with Gasteiger partial charge in [-0.3, -0.25) is 4.98 Å². The van der Waals surface area contributed by atoms with E-state index in [1.54, 1.807) is 19.4 Å². The fraction of sp³-hybridized carbons (Fsp3) is 0.400. The second-order valence-electron chi connectivity index (χ2n) is 6.85. The van der Waals surface area contributed by atoms with Crippen molar-refractivity contribution in [3.8, 4) is 5.75 Å². The molecular formula is C20H25FN4O2. The molecule has 1 aliphatic heterocycles. The van der Waals surface area contributed by atoms with Crippen molar-refractivity contribution in [1.82, 2.24) is 15.2 Å². The van der Waals surface area contributed by atoms with Crippen LogP contribution in [0.1, 0.15) is 19.4 Å². The highest BCUT2D eigenvalue weighted by molar-refractivity contribution is 5.75. The fourth-order valence-electron chi connectivity index (χ4n) is 3.60. The minimum absolute atomic E-state index is 0.0494. The number of methoxy groups -OCH3 is 1. The summed E-state index contributed by atoms with van der Waals surface area (Å²) in [5, 5.41) is 2.98. The minimum Gasteiger partial charge on any atom is -0.497 e. The molecule has 0 saturated carbocycles. The minimum atomic E-state index is -0.340. The Kier molecular flexibility index (Phi) is 5.78. The van der Waals surface area contributed by atoms with Crippen LogP contribution in [0.2, 0.25) is 0 Å². The summed E-state index contributed by atoms with van der Waals surface area (Å²) in [7, 11) is 1.62. The average Bonchev–Trinajstić information content (AvgIpc) is 2.66. The molecule has 2 heterocycles. The van der Waals surface area contributed by atoms with Gasteiger partial charge in [0.1, 0.15) is 5.75 Å². The highest BCUT2D eigenvalue weighted by atomic mass is 19.1. The molecule has 1 fully saturated rings. The first-order chi connectivity index (χ1) is 13.0. The molecule has 2 amide bonds. The van der Waals surface area contributed by atoms with E-state index in [1.165, 1.54) is 6.20 Å². The lowest BCUT2D eigenvalue weighted by molar-refractivity contribution is 0.141. The number of rotatable bonds is 4. The molecular weight excluding hydrogens is 347 g/mol. The van der Waals surface area contributed by atoms with Crippen LogP contribution in [0.5, 0.6) is 5.75 Å². The van der Waals surface area contributed by atoms with Crippen molar-refractivity contribution in [1.29, 1.82) is 0 Å². The van der Waals surface area contributed by atoms with Crippen molar-refractivity contribution < 1.29 is 13.9 Å².